The number of rotatable bonds is 4. The molecular weight excluding hydrogens is 388 g/mol. The van der Waals surface area contributed by atoms with E-state index in [2.05, 4.69) is 10.2 Å². The fourth-order valence-electron chi connectivity index (χ4n) is 3.97. The van der Waals surface area contributed by atoms with Gasteiger partial charge in [0, 0.05) is 50.6 Å². The molecule has 0 saturated carbocycles. The van der Waals surface area contributed by atoms with Gasteiger partial charge in [-0.1, -0.05) is 18.2 Å². The average molecular weight is 415 g/mol. The van der Waals surface area contributed by atoms with Crippen LogP contribution in [0.5, 0.6) is 0 Å². The van der Waals surface area contributed by atoms with Gasteiger partial charge in [0.1, 0.15) is 0 Å². The van der Waals surface area contributed by atoms with Crippen LogP contribution in [-0.2, 0) is 16.4 Å². The summed E-state index contributed by atoms with van der Waals surface area (Å²) in [7, 11) is -3.55. The van der Waals surface area contributed by atoms with Crippen LogP contribution in [0.1, 0.15) is 12.5 Å². The lowest BCUT2D eigenvalue weighted by atomic mass is 10.2. The molecule has 1 N–H and O–H groups in total. The molecule has 1 fully saturated rings. The standard InChI is InChI=1S/C21H26N4O3S/c1-2-22-21(26)25-11-10-17-16-19(8-9-20(17)25)29(27,28)24-14-12-23(13-15-24)18-6-4-3-5-7-18/h3-9,16H,2,10-15H2,1H3,(H,22,26). The number of hydrogen-bond donors (Lipinski definition) is 1. The molecule has 0 unspecified atom stereocenters. The molecule has 2 heterocycles. The molecule has 0 aliphatic carbocycles. The number of fused-ring (bicyclic) bond motifs is 1. The van der Waals surface area contributed by atoms with Crippen LogP contribution < -0.4 is 15.1 Å². The maximum absolute atomic E-state index is 13.2. The van der Waals surface area contributed by atoms with Crippen molar-refractivity contribution < 1.29 is 13.2 Å². The molecule has 0 radical (unpaired) electrons. The maximum atomic E-state index is 13.2. The first-order chi connectivity index (χ1) is 14.0. The Morgan fingerprint density at radius 2 is 1.72 bits per heavy atom. The van der Waals surface area contributed by atoms with Gasteiger partial charge in [-0.3, -0.25) is 4.90 Å². The summed E-state index contributed by atoms with van der Waals surface area (Å²) >= 11 is 0. The zero-order valence-corrected chi connectivity index (χ0v) is 17.4. The first-order valence-corrected chi connectivity index (χ1v) is 11.4. The predicted molar refractivity (Wildman–Crippen MR) is 114 cm³/mol. The molecule has 0 bridgehead atoms. The van der Waals surface area contributed by atoms with Gasteiger partial charge < -0.3 is 10.2 Å². The van der Waals surface area contributed by atoms with E-state index in [0.29, 0.717) is 50.6 Å². The van der Waals surface area contributed by atoms with Crippen LogP contribution in [0.25, 0.3) is 0 Å². The molecule has 2 amide bonds. The van der Waals surface area contributed by atoms with Crippen molar-refractivity contribution in [1.29, 1.82) is 0 Å². The summed E-state index contributed by atoms with van der Waals surface area (Å²) in [6, 6.07) is 15.0. The molecule has 0 spiro atoms. The van der Waals surface area contributed by atoms with E-state index in [4.69, 9.17) is 0 Å². The number of piperazine rings is 1. The van der Waals surface area contributed by atoms with Crippen LogP contribution >= 0.6 is 0 Å². The highest BCUT2D eigenvalue weighted by molar-refractivity contribution is 7.89. The number of carbonyl (C=O) groups is 1. The third-order valence-corrected chi connectivity index (χ3v) is 7.41. The summed E-state index contributed by atoms with van der Waals surface area (Å²) in [5.74, 6) is 0. The van der Waals surface area contributed by atoms with E-state index >= 15 is 0 Å². The van der Waals surface area contributed by atoms with E-state index in [1.807, 2.05) is 37.3 Å². The number of nitrogens with zero attached hydrogens (tertiary/aromatic N) is 3. The second-order valence-electron chi connectivity index (χ2n) is 7.25. The van der Waals surface area contributed by atoms with Gasteiger partial charge in [-0.15, -0.1) is 0 Å². The molecular formula is C21H26N4O3S. The fourth-order valence-corrected chi connectivity index (χ4v) is 5.44. The van der Waals surface area contributed by atoms with Crippen molar-refractivity contribution in [2.75, 3.05) is 49.1 Å². The van der Waals surface area contributed by atoms with Crippen molar-refractivity contribution >= 4 is 27.4 Å². The van der Waals surface area contributed by atoms with Crippen LogP contribution in [0, 0.1) is 0 Å². The van der Waals surface area contributed by atoms with E-state index < -0.39 is 10.0 Å². The summed E-state index contributed by atoms with van der Waals surface area (Å²) in [6.07, 6.45) is 0.664. The normalized spacial score (nSPS) is 17.3. The summed E-state index contributed by atoms with van der Waals surface area (Å²) in [5, 5.41) is 2.80. The van der Waals surface area contributed by atoms with E-state index in [0.717, 1.165) is 16.9 Å². The zero-order chi connectivity index (χ0) is 20.4. The largest absolute Gasteiger partial charge is 0.369 e. The third kappa shape index (κ3) is 3.82. The highest BCUT2D eigenvalue weighted by atomic mass is 32.2. The number of urea groups is 1. The van der Waals surface area contributed by atoms with Gasteiger partial charge in [-0.25, -0.2) is 13.2 Å². The number of anilines is 2. The lowest BCUT2D eigenvalue weighted by Crippen LogP contribution is -2.48. The Morgan fingerprint density at radius 3 is 2.41 bits per heavy atom. The van der Waals surface area contributed by atoms with Gasteiger partial charge >= 0.3 is 6.03 Å². The molecule has 7 nitrogen and oxygen atoms in total. The van der Waals surface area contributed by atoms with E-state index in [-0.39, 0.29) is 6.03 Å². The first kappa shape index (κ1) is 19.7. The van der Waals surface area contributed by atoms with Gasteiger partial charge in [0.05, 0.1) is 4.90 Å². The predicted octanol–water partition coefficient (Wildman–Crippen LogP) is 2.29. The molecule has 2 aromatic carbocycles. The second-order valence-corrected chi connectivity index (χ2v) is 9.19. The Hall–Kier alpha value is -2.58. The number of benzene rings is 2. The molecule has 1 saturated heterocycles. The number of hydrogen-bond acceptors (Lipinski definition) is 4. The van der Waals surface area contributed by atoms with Crippen LogP contribution in [0.3, 0.4) is 0 Å². The van der Waals surface area contributed by atoms with Gasteiger partial charge in [0.25, 0.3) is 0 Å². The Bertz CT molecular complexity index is 986. The first-order valence-electron chi connectivity index (χ1n) is 9.99. The maximum Gasteiger partial charge on any atom is 0.321 e. The van der Waals surface area contributed by atoms with Crippen molar-refractivity contribution in [3.8, 4) is 0 Å². The highest BCUT2D eigenvalue weighted by Crippen LogP contribution is 2.31. The van der Waals surface area contributed by atoms with Crippen LogP contribution in [0.2, 0.25) is 0 Å². The lowest BCUT2D eigenvalue weighted by molar-refractivity contribution is 0.247. The van der Waals surface area contributed by atoms with Gasteiger partial charge in [0.15, 0.2) is 0 Å². The molecule has 29 heavy (non-hydrogen) atoms. The van der Waals surface area contributed by atoms with Crippen molar-refractivity contribution in [1.82, 2.24) is 9.62 Å². The number of sulfonamides is 1. The molecule has 2 aromatic rings. The molecule has 2 aliphatic rings. The smallest absolute Gasteiger partial charge is 0.321 e. The minimum Gasteiger partial charge on any atom is -0.369 e. The third-order valence-electron chi connectivity index (χ3n) is 5.52. The van der Waals surface area contributed by atoms with E-state index in [9.17, 15) is 13.2 Å². The Balaban J connectivity index is 1.48. The van der Waals surface area contributed by atoms with Gasteiger partial charge in [-0.05, 0) is 49.2 Å². The Kier molecular flexibility index (Phi) is 5.47. The summed E-state index contributed by atoms with van der Waals surface area (Å²) in [5.41, 5.74) is 2.82. The van der Waals surface area contributed by atoms with E-state index in [1.165, 1.54) is 0 Å². The van der Waals surface area contributed by atoms with E-state index in [1.54, 1.807) is 27.4 Å². The molecule has 0 aromatic heterocycles. The summed E-state index contributed by atoms with van der Waals surface area (Å²) < 4.78 is 27.9. The minimum absolute atomic E-state index is 0.140. The van der Waals surface area contributed by atoms with Crippen LogP contribution in [0.15, 0.2) is 53.4 Å². The number of nitrogens with one attached hydrogen (secondary N) is 1. The van der Waals surface area contributed by atoms with Crippen molar-refractivity contribution in [3.05, 3.63) is 54.1 Å². The highest BCUT2D eigenvalue weighted by Gasteiger charge is 2.31. The molecule has 4 rings (SSSR count). The Labute approximate surface area is 172 Å². The summed E-state index contributed by atoms with van der Waals surface area (Å²) in [6.45, 7) is 5.26. The van der Waals surface area contributed by atoms with Crippen molar-refractivity contribution in [2.45, 2.75) is 18.2 Å². The lowest BCUT2D eigenvalue weighted by Gasteiger charge is -2.35. The molecule has 154 valence electrons. The Morgan fingerprint density at radius 1 is 1.00 bits per heavy atom. The number of para-hydroxylation sites is 1. The van der Waals surface area contributed by atoms with Crippen molar-refractivity contribution in [2.24, 2.45) is 0 Å². The molecule has 2 aliphatic heterocycles. The van der Waals surface area contributed by atoms with Crippen molar-refractivity contribution in [3.63, 3.8) is 0 Å². The molecule has 8 heteroatoms. The van der Waals surface area contributed by atoms with Gasteiger partial charge in [-0.2, -0.15) is 4.31 Å². The van der Waals surface area contributed by atoms with Gasteiger partial charge in [0.2, 0.25) is 10.0 Å². The fraction of sp³-hybridized carbons (Fsp3) is 0.381. The zero-order valence-electron chi connectivity index (χ0n) is 16.5. The monoisotopic (exact) mass is 414 g/mol. The van der Waals surface area contributed by atoms with Crippen LogP contribution in [0.4, 0.5) is 16.2 Å². The SMILES string of the molecule is CCNC(=O)N1CCc2cc(S(=O)(=O)N3CCN(c4ccccc4)CC3)ccc21. The molecule has 0 atom stereocenters. The number of carbonyl (C=O) groups excluding carboxylic acids is 1. The van der Waals surface area contributed by atoms with Crippen LogP contribution in [-0.4, -0.2) is 58.0 Å². The second kappa shape index (κ2) is 8.04. The average Bonchev–Trinajstić information content (AvgIpc) is 3.18. The topological polar surface area (TPSA) is 73.0 Å². The number of amides is 2. The quantitative estimate of drug-likeness (QED) is 0.833. The minimum atomic E-state index is -3.55. The summed E-state index contributed by atoms with van der Waals surface area (Å²) in [4.78, 5) is 16.4.